The van der Waals surface area contributed by atoms with E-state index in [0.29, 0.717) is 25.9 Å². The lowest BCUT2D eigenvalue weighted by molar-refractivity contribution is -0.143. The van der Waals surface area contributed by atoms with E-state index in [9.17, 15) is 9.59 Å². The van der Waals surface area contributed by atoms with E-state index in [2.05, 4.69) is 4.84 Å². The molecule has 0 unspecified atom stereocenters. The van der Waals surface area contributed by atoms with Crippen molar-refractivity contribution in [1.29, 1.82) is 0 Å². The number of amides is 1. The van der Waals surface area contributed by atoms with Gasteiger partial charge in [-0.2, -0.15) is 0 Å². The molecule has 0 aromatic heterocycles. The summed E-state index contributed by atoms with van der Waals surface area (Å²) in [6.07, 6.45) is 2.85. The van der Waals surface area contributed by atoms with Crippen LogP contribution in [0.5, 0.6) is 0 Å². The maximum absolute atomic E-state index is 12.9. The molecule has 0 fully saturated rings. The van der Waals surface area contributed by atoms with Crippen molar-refractivity contribution in [3.8, 4) is 0 Å². The second kappa shape index (κ2) is 9.32. The monoisotopic (exact) mass is 365 g/mol. The van der Waals surface area contributed by atoms with Crippen LogP contribution < -0.4 is 10.6 Å². The lowest BCUT2D eigenvalue weighted by atomic mass is 9.87. The van der Waals surface area contributed by atoms with Crippen LogP contribution in [0.15, 0.2) is 24.3 Å². The second-order valence-electron chi connectivity index (χ2n) is 7.00. The molecule has 25 heavy (non-hydrogen) atoms. The van der Waals surface area contributed by atoms with E-state index in [1.807, 2.05) is 38.1 Å². The van der Waals surface area contributed by atoms with Crippen molar-refractivity contribution >= 4 is 23.5 Å². The van der Waals surface area contributed by atoms with Crippen molar-refractivity contribution < 1.29 is 9.59 Å². The standard InChI is InChI=1S/C19H28ClN3O2/c1-13(2)18(24)17-11-14-7-3-4-8-15(14)12-23(17)19(25)16(21)9-5-6-10-22-20/h3-4,7-8,13,16-17,22H,5-6,9-12,21H2,1-2H3/t16-,17-/m0/s1. The van der Waals surface area contributed by atoms with E-state index in [-0.39, 0.29) is 17.6 Å². The molecular weight excluding hydrogens is 338 g/mol. The quantitative estimate of drug-likeness (QED) is 0.548. The van der Waals surface area contributed by atoms with E-state index < -0.39 is 12.1 Å². The van der Waals surface area contributed by atoms with Crippen LogP contribution in [0, 0.1) is 5.92 Å². The van der Waals surface area contributed by atoms with Crippen molar-refractivity contribution in [2.75, 3.05) is 6.54 Å². The largest absolute Gasteiger partial charge is 0.327 e. The van der Waals surface area contributed by atoms with Gasteiger partial charge in [-0.3, -0.25) is 9.59 Å². The van der Waals surface area contributed by atoms with Gasteiger partial charge < -0.3 is 10.6 Å². The van der Waals surface area contributed by atoms with Gasteiger partial charge in [-0.05, 0) is 35.7 Å². The number of hydrogen-bond acceptors (Lipinski definition) is 4. The van der Waals surface area contributed by atoms with Gasteiger partial charge in [-0.25, -0.2) is 4.84 Å². The lowest BCUT2D eigenvalue weighted by Gasteiger charge is -2.38. The molecule has 0 radical (unpaired) electrons. The SMILES string of the molecule is CC(C)C(=O)[C@@H]1Cc2ccccc2CN1C(=O)[C@@H](N)CCCCNCl. The van der Waals surface area contributed by atoms with E-state index in [4.69, 9.17) is 17.5 Å². The van der Waals surface area contributed by atoms with Crippen LogP contribution in [0.2, 0.25) is 0 Å². The summed E-state index contributed by atoms with van der Waals surface area (Å²) < 4.78 is 0. The molecular formula is C19H28ClN3O2. The van der Waals surface area contributed by atoms with Gasteiger partial charge in [0.2, 0.25) is 5.91 Å². The molecule has 1 heterocycles. The third-order valence-corrected chi connectivity index (χ3v) is 4.97. The van der Waals surface area contributed by atoms with Crippen LogP contribution in [-0.4, -0.2) is 35.2 Å². The number of nitrogens with zero attached hydrogens (tertiary/aromatic N) is 1. The molecule has 1 aliphatic rings. The highest BCUT2D eigenvalue weighted by Gasteiger charge is 2.36. The topological polar surface area (TPSA) is 75.4 Å². The van der Waals surface area contributed by atoms with Gasteiger partial charge in [0.05, 0.1) is 12.1 Å². The maximum atomic E-state index is 12.9. The van der Waals surface area contributed by atoms with Gasteiger partial charge in [0, 0.05) is 25.4 Å². The molecule has 1 aliphatic heterocycles. The molecule has 2 rings (SSSR count). The summed E-state index contributed by atoms with van der Waals surface area (Å²) in [6.45, 7) is 4.90. The van der Waals surface area contributed by atoms with Gasteiger partial charge in [0.25, 0.3) is 0 Å². The zero-order valence-corrected chi connectivity index (χ0v) is 15.8. The minimum Gasteiger partial charge on any atom is -0.327 e. The lowest BCUT2D eigenvalue weighted by Crippen LogP contribution is -2.54. The highest BCUT2D eigenvalue weighted by atomic mass is 35.5. The van der Waals surface area contributed by atoms with Crippen molar-refractivity contribution in [2.45, 2.75) is 58.2 Å². The Morgan fingerprint density at radius 2 is 1.96 bits per heavy atom. The molecule has 1 amide bonds. The number of ketones is 1. The molecule has 138 valence electrons. The number of unbranched alkanes of at least 4 members (excludes halogenated alkanes) is 1. The number of nitrogens with two attached hydrogens (primary N) is 1. The average molecular weight is 366 g/mol. The molecule has 0 saturated heterocycles. The molecule has 0 saturated carbocycles. The van der Waals surface area contributed by atoms with Crippen molar-refractivity contribution in [3.63, 3.8) is 0 Å². The van der Waals surface area contributed by atoms with Gasteiger partial charge in [0.15, 0.2) is 5.78 Å². The molecule has 2 atom stereocenters. The van der Waals surface area contributed by atoms with Gasteiger partial charge in [-0.15, -0.1) is 0 Å². The van der Waals surface area contributed by atoms with Crippen LogP contribution >= 0.6 is 11.8 Å². The number of fused-ring (bicyclic) bond motifs is 1. The number of Topliss-reactive ketones (excluding diaryl/α,β-unsaturated/α-hetero) is 1. The summed E-state index contributed by atoms with van der Waals surface area (Å²) in [6, 6.07) is 7.00. The van der Waals surface area contributed by atoms with Gasteiger partial charge in [0.1, 0.15) is 0 Å². The minimum absolute atomic E-state index is 0.0985. The molecule has 1 aromatic rings. The van der Waals surface area contributed by atoms with Crippen molar-refractivity contribution in [2.24, 2.45) is 11.7 Å². The third-order valence-electron chi connectivity index (χ3n) is 4.78. The summed E-state index contributed by atoms with van der Waals surface area (Å²) in [5.74, 6) is -0.148. The fourth-order valence-electron chi connectivity index (χ4n) is 3.29. The predicted octanol–water partition coefficient (Wildman–Crippen LogP) is 2.41. The fraction of sp³-hybridized carbons (Fsp3) is 0.579. The third kappa shape index (κ3) is 5.03. The highest BCUT2D eigenvalue weighted by molar-refractivity contribution is 6.13. The van der Waals surface area contributed by atoms with Crippen molar-refractivity contribution in [3.05, 3.63) is 35.4 Å². The first-order valence-electron chi connectivity index (χ1n) is 8.95. The number of nitrogens with one attached hydrogen (secondary N) is 1. The summed E-state index contributed by atoms with van der Waals surface area (Å²) in [5, 5.41) is 0. The van der Waals surface area contributed by atoms with Crippen LogP contribution in [-0.2, 0) is 22.6 Å². The first-order chi connectivity index (χ1) is 12.0. The van der Waals surface area contributed by atoms with Gasteiger partial charge >= 0.3 is 0 Å². The van der Waals surface area contributed by atoms with Crippen LogP contribution in [0.4, 0.5) is 0 Å². The van der Waals surface area contributed by atoms with E-state index in [1.54, 1.807) is 4.90 Å². The first kappa shape index (κ1) is 19.9. The average Bonchev–Trinajstić information content (AvgIpc) is 2.62. The van der Waals surface area contributed by atoms with Gasteiger partial charge in [-0.1, -0.05) is 44.5 Å². The number of rotatable bonds is 8. The Morgan fingerprint density at radius 1 is 1.28 bits per heavy atom. The zero-order chi connectivity index (χ0) is 18.4. The summed E-state index contributed by atoms with van der Waals surface area (Å²) in [4.78, 5) is 29.9. The van der Waals surface area contributed by atoms with Crippen LogP contribution in [0.25, 0.3) is 0 Å². The Morgan fingerprint density at radius 3 is 2.60 bits per heavy atom. The molecule has 0 spiro atoms. The Bertz CT molecular complexity index is 606. The normalized spacial score (nSPS) is 18.1. The Hall–Kier alpha value is -1.43. The summed E-state index contributed by atoms with van der Waals surface area (Å²) in [5.41, 5.74) is 8.38. The number of benzene rings is 1. The summed E-state index contributed by atoms with van der Waals surface area (Å²) >= 11 is 5.44. The minimum atomic E-state index is -0.581. The first-order valence-corrected chi connectivity index (χ1v) is 9.33. The van der Waals surface area contributed by atoms with Crippen LogP contribution in [0.1, 0.15) is 44.2 Å². The highest BCUT2D eigenvalue weighted by Crippen LogP contribution is 2.26. The Kier molecular flexibility index (Phi) is 7.41. The summed E-state index contributed by atoms with van der Waals surface area (Å²) in [7, 11) is 0. The smallest absolute Gasteiger partial charge is 0.240 e. The molecule has 0 bridgehead atoms. The Labute approximate surface area is 155 Å². The maximum Gasteiger partial charge on any atom is 0.240 e. The van der Waals surface area contributed by atoms with E-state index in [0.717, 1.165) is 24.0 Å². The predicted molar refractivity (Wildman–Crippen MR) is 100 cm³/mol. The number of halogens is 1. The zero-order valence-electron chi connectivity index (χ0n) is 15.0. The number of carbonyl (C=O) groups excluding carboxylic acids is 2. The van der Waals surface area contributed by atoms with E-state index in [1.165, 1.54) is 0 Å². The molecule has 0 aliphatic carbocycles. The molecule has 5 nitrogen and oxygen atoms in total. The molecule has 1 aromatic carbocycles. The molecule has 3 N–H and O–H groups in total. The number of carbonyl (C=O) groups is 2. The van der Waals surface area contributed by atoms with E-state index >= 15 is 0 Å². The fourth-order valence-corrected chi connectivity index (χ4v) is 3.42. The number of hydrogen-bond donors (Lipinski definition) is 2. The second-order valence-corrected chi connectivity index (χ2v) is 7.27. The van der Waals surface area contributed by atoms with Crippen molar-refractivity contribution in [1.82, 2.24) is 9.74 Å². The molecule has 6 heteroatoms. The van der Waals surface area contributed by atoms with Crippen LogP contribution in [0.3, 0.4) is 0 Å². The Balaban J connectivity index is 2.14.